The third kappa shape index (κ3) is 5.84. The second-order valence-electron chi connectivity index (χ2n) is 5.38. The summed E-state index contributed by atoms with van der Waals surface area (Å²) < 4.78 is 14.4. The molecule has 0 saturated carbocycles. The van der Waals surface area contributed by atoms with Gasteiger partial charge in [0.15, 0.2) is 0 Å². The Morgan fingerprint density at radius 2 is 1.40 bits per heavy atom. The van der Waals surface area contributed by atoms with Gasteiger partial charge in [-0.2, -0.15) is 0 Å². The highest BCUT2D eigenvalue weighted by Crippen LogP contribution is 2.34. The van der Waals surface area contributed by atoms with Crippen LogP contribution in [0.2, 0.25) is 0 Å². The van der Waals surface area contributed by atoms with Crippen molar-refractivity contribution in [2.75, 3.05) is 0 Å². The molecule has 0 aliphatic rings. The number of hydrogen-bond acceptors (Lipinski definition) is 8. The summed E-state index contributed by atoms with van der Waals surface area (Å²) in [6, 6.07) is 0. The van der Waals surface area contributed by atoms with E-state index in [4.69, 9.17) is 9.47 Å². The fourth-order valence-corrected chi connectivity index (χ4v) is 1.64. The van der Waals surface area contributed by atoms with Crippen LogP contribution in [0.15, 0.2) is 36.5 Å². The lowest BCUT2D eigenvalue weighted by molar-refractivity contribution is -0.443. The van der Waals surface area contributed by atoms with Crippen LogP contribution < -0.4 is 0 Å². The first-order valence-electron chi connectivity index (χ1n) is 7.49. The molecule has 0 saturated heterocycles. The molecule has 0 amide bonds. The van der Waals surface area contributed by atoms with Crippen LogP contribution in [0.5, 0.6) is 0 Å². The van der Waals surface area contributed by atoms with Gasteiger partial charge in [0.05, 0.1) is 0 Å². The monoisotopic (exact) mass is 356 g/mol. The standard InChI is InChI=1S/C17H24O8/c1-7-10-16(23-13(18)8-2,24-14(19)9-3)17(21,22)25-15(20)12(6)11(4)5/h8-9,21-22H,2-3,7,10H2,1,4-6H3. The van der Waals surface area contributed by atoms with E-state index in [1.165, 1.54) is 6.92 Å². The Balaban J connectivity index is 6.02. The minimum absolute atomic E-state index is 0.1000. The van der Waals surface area contributed by atoms with E-state index in [1.54, 1.807) is 20.8 Å². The highest BCUT2D eigenvalue weighted by Gasteiger charge is 2.60. The van der Waals surface area contributed by atoms with Gasteiger partial charge in [-0.15, -0.1) is 0 Å². The summed E-state index contributed by atoms with van der Waals surface area (Å²) in [5, 5.41) is 20.6. The summed E-state index contributed by atoms with van der Waals surface area (Å²) in [5.74, 6) is -9.47. The van der Waals surface area contributed by atoms with Crippen molar-refractivity contribution in [2.45, 2.75) is 52.3 Å². The predicted octanol–water partition coefficient (Wildman–Crippen LogP) is 1.48. The highest BCUT2D eigenvalue weighted by atomic mass is 16.9. The molecule has 0 bridgehead atoms. The Morgan fingerprint density at radius 3 is 1.72 bits per heavy atom. The first-order chi connectivity index (χ1) is 11.5. The van der Waals surface area contributed by atoms with Gasteiger partial charge in [-0.25, -0.2) is 14.4 Å². The summed E-state index contributed by atoms with van der Waals surface area (Å²) in [5.41, 5.74) is 0.663. The third-order valence-corrected chi connectivity index (χ3v) is 3.23. The van der Waals surface area contributed by atoms with Crippen molar-refractivity contribution in [2.24, 2.45) is 0 Å². The topological polar surface area (TPSA) is 119 Å². The number of allylic oxidation sites excluding steroid dienone is 1. The Bertz CT molecular complexity index is 559. The average Bonchev–Trinajstić information content (AvgIpc) is 2.52. The fourth-order valence-electron chi connectivity index (χ4n) is 1.64. The molecule has 8 nitrogen and oxygen atoms in total. The first-order valence-corrected chi connectivity index (χ1v) is 7.49. The molecule has 0 aromatic carbocycles. The quantitative estimate of drug-likeness (QED) is 0.362. The number of esters is 3. The molecule has 140 valence electrons. The number of ether oxygens (including phenoxy) is 3. The summed E-state index contributed by atoms with van der Waals surface area (Å²) in [6.45, 7) is 12.6. The maximum absolute atomic E-state index is 12.0. The second kappa shape index (κ2) is 9.14. The molecule has 0 aromatic heterocycles. The maximum atomic E-state index is 12.0. The summed E-state index contributed by atoms with van der Waals surface area (Å²) >= 11 is 0. The van der Waals surface area contributed by atoms with Crippen molar-refractivity contribution in [1.29, 1.82) is 0 Å². The van der Waals surface area contributed by atoms with Gasteiger partial charge in [0.2, 0.25) is 0 Å². The van der Waals surface area contributed by atoms with Gasteiger partial charge in [-0.1, -0.05) is 25.7 Å². The number of rotatable bonds is 9. The van der Waals surface area contributed by atoms with Crippen molar-refractivity contribution >= 4 is 17.9 Å². The van der Waals surface area contributed by atoms with Crippen LogP contribution in [0.1, 0.15) is 40.5 Å². The Labute approximate surface area is 146 Å². The minimum Gasteiger partial charge on any atom is -0.410 e. The molecule has 0 aromatic rings. The molecule has 0 atom stereocenters. The first kappa shape index (κ1) is 22.6. The van der Waals surface area contributed by atoms with Crippen LogP contribution >= 0.6 is 0 Å². The van der Waals surface area contributed by atoms with Crippen LogP contribution in [0.3, 0.4) is 0 Å². The van der Waals surface area contributed by atoms with E-state index < -0.39 is 29.7 Å². The maximum Gasteiger partial charge on any atom is 0.406 e. The largest absolute Gasteiger partial charge is 0.410 e. The molecule has 0 aliphatic heterocycles. The Hall–Kier alpha value is -2.45. The lowest BCUT2D eigenvalue weighted by Gasteiger charge is -2.39. The summed E-state index contributed by atoms with van der Waals surface area (Å²) in [4.78, 5) is 35.3. The van der Waals surface area contributed by atoms with Crippen molar-refractivity contribution in [3.63, 3.8) is 0 Å². The van der Waals surface area contributed by atoms with E-state index in [0.717, 1.165) is 12.2 Å². The van der Waals surface area contributed by atoms with Crippen LogP contribution in [0.4, 0.5) is 0 Å². The van der Waals surface area contributed by atoms with Gasteiger partial charge in [0.25, 0.3) is 0 Å². The normalized spacial score (nSPS) is 11.1. The SMILES string of the molecule is C=CC(=O)OC(CCC)(OC(=O)C=C)C(O)(O)OC(=O)C(C)=C(C)C. The summed E-state index contributed by atoms with van der Waals surface area (Å²) in [6.07, 6.45) is 1.26. The van der Waals surface area contributed by atoms with Gasteiger partial charge in [-0.05, 0) is 27.2 Å². The van der Waals surface area contributed by atoms with E-state index in [2.05, 4.69) is 17.9 Å². The van der Waals surface area contributed by atoms with Crippen molar-refractivity contribution in [1.82, 2.24) is 0 Å². The van der Waals surface area contributed by atoms with E-state index in [1.807, 2.05) is 0 Å². The van der Waals surface area contributed by atoms with Gasteiger partial charge in [0, 0.05) is 24.1 Å². The molecule has 25 heavy (non-hydrogen) atoms. The molecule has 0 spiro atoms. The molecule has 8 heteroatoms. The second-order valence-corrected chi connectivity index (χ2v) is 5.38. The molecular formula is C17H24O8. The highest BCUT2D eigenvalue weighted by molar-refractivity contribution is 5.89. The molecule has 0 aliphatic carbocycles. The predicted molar refractivity (Wildman–Crippen MR) is 87.5 cm³/mol. The molecular weight excluding hydrogens is 332 g/mol. The number of carbonyl (C=O) groups is 3. The van der Waals surface area contributed by atoms with Crippen molar-refractivity contribution in [3.8, 4) is 0 Å². The smallest absolute Gasteiger partial charge is 0.406 e. The third-order valence-electron chi connectivity index (χ3n) is 3.23. The zero-order valence-electron chi connectivity index (χ0n) is 14.8. The molecule has 0 radical (unpaired) electrons. The lowest BCUT2D eigenvalue weighted by atomic mass is 10.1. The van der Waals surface area contributed by atoms with E-state index in [0.29, 0.717) is 5.57 Å². The van der Waals surface area contributed by atoms with E-state index in [9.17, 15) is 24.6 Å². The van der Waals surface area contributed by atoms with Crippen LogP contribution in [-0.2, 0) is 28.6 Å². The zero-order chi connectivity index (χ0) is 19.8. The Kier molecular flexibility index (Phi) is 8.25. The van der Waals surface area contributed by atoms with Gasteiger partial charge >= 0.3 is 29.7 Å². The minimum atomic E-state index is -3.45. The lowest BCUT2D eigenvalue weighted by Crippen LogP contribution is -2.61. The van der Waals surface area contributed by atoms with Crippen LogP contribution in [0, 0.1) is 0 Å². The number of hydrogen-bond donors (Lipinski definition) is 2. The zero-order valence-corrected chi connectivity index (χ0v) is 14.8. The fraction of sp³-hybridized carbons (Fsp3) is 0.471. The van der Waals surface area contributed by atoms with Gasteiger partial charge in [-0.3, -0.25) is 0 Å². The van der Waals surface area contributed by atoms with Crippen LogP contribution in [0.25, 0.3) is 0 Å². The summed E-state index contributed by atoms with van der Waals surface area (Å²) in [7, 11) is 0. The van der Waals surface area contributed by atoms with E-state index in [-0.39, 0.29) is 18.4 Å². The average molecular weight is 356 g/mol. The molecule has 0 unspecified atom stereocenters. The molecule has 0 fully saturated rings. The van der Waals surface area contributed by atoms with Crippen molar-refractivity contribution < 1.29 is 38.8 Å². The number of carbonyl (C=O) groups excluding carboxylic acids is 3. The van der Waals surface area contributed by atoms with Crippen molar-refractivity contribution in [3.05, 3.63) is 36.5 Å². The molecule has 0 rings (SSSR count). The van der Waals surface area contributed by atoms with Gasteiger partial charge in [0.1, 0.15) is 0 Å². The van der Waals surface area contributed by atoms with Gasteiger partial charge < -0.3 is 24.4 Å². The molecule has 2 N–H and O–H groups in total. The number of aliphatic hydroxyl groups is 2. The van der Waals surface area contributed by atoms with Crippen LogP contribution in [-0.4, -0.2) is 39.9 Å². The van der Waals surface area contributed by atoms with E-state index >= 15 is 0 Å². The Morgan fingerprint density at radius 1 is 0.960 bits per heavy atom. The molecule has 0 heterocycles.